The Hall–Kier alpha value is -1.64. The molecule has 1 aliphatic heterocycles. The molecular formula is C15H20FN3O3S. The van der Waals surface area contributed by atoms with Gasteiger partial charge in [-0.2, -0.15) is 0 Å². The van der Waals surface area contributed by atoms with Gasteiger partial charge in [0.25, 0.3) is 5.91 Å². The lowest BCUT2D eigenvalue weighted by atomic mass is 9.92. The van der Waals surface area contributed by atoms with Gasteiger partial charge in [-0.1, -0.05) is 24.9 Å². The Kier molecular flexibility index (Phi) is 5.97. The van der Waals surface area contributed by atoms with Crippen molar-refractivity contribution in [3.05, 3.63) is 35.1 Å². The third kappa shape index (κ3) is 4.21. The number of hydrogen-bond donors (Lipinski definition) is 4. The van der Waals surface area contributed by atoms with Gasteiger partial charge < -0.3 is 16.2 Å². The highest BCUT2D eigenvalue weighted by atomic mass is 32.2. The third-order valence-corrected chi connectivity index (χ3v) is 5.15. The highest BCUT2D eigenvalue weighted by molar-refractivity contribution is 7.98. The van der Waals surface area contributed by atoms with Crippen LogP contribution in [0.15, 0.2) is 18.2 Å². The van der Waals surface area contributed by atoms with Crippen LogP contribution in [0.25, 0.3) is 0 Å². The van der Waals surface area contributed by atoms with E-state index in [1.54, 1.807) is 18.0 Å². The zero-order valence-corrected chi connectivity index (χ0v) is 13.5. The quantitative estimate of drug-likeness (QED) is 0.577. The number of carboxylic acids is 1. The molecule has 0 saturated carbocycles. The Morgan fingerprint density at radius 3 is 2.96 bits per heavy atom. The second kappa shape index (κ2) is 7.76. The Morgan fingerprint density at radius 1 is 1.57 bits per heavy atom. The van der Waals surface area contributed by atoms with Gasteiger partial charge >= 0.3 is 5.97 Å². The van der Waals surface area contributed by atoms with E-state index in [0.717, 1.165) is 18.5 Å². The predicted octanol–water partition coefficient (Wildman–Crippen LogP) is 1.08. The number of hydrogen-bond acceptors (Lipinski definition) is 5. The van der Waals surface area contributed by atoms with Crippen molar-refractivity contribution >= 4 is 23.8 Å². The van der Waals surface area contributed by atoms with E-state index in [-0.39, 0.29) is 18.0 Å². The first-order chi connectivity index (χ1) is 10.9. The maximum atomic E-state index is 13.9. The average Bonchev–Trinajstić information content (AvgIpc) is 3.01. The standard InChI is InChI=1S/C15H20FN3O3S/c1-2-13-10(6-19-23-13)8-3-4-11(16)9(5-8)14(20)18-7-12(17)15(21)22/h3-5,10,12-13,19H,2,6-7,17H2,1H3,(H,18,20)(H,21,22)/t10?,12-,13?/m1/s1. The summed E-state index contributed by atoms with van der Waals surface area (Å²) in [6.45, 7) is 2.60. The summed E-state index contributed by atoms with van der Waals surface area (Å²) in [5.74, 6) is -2.31. The fourth-order valence-electron chi connectivity index (χ4n) is 2.49. The van der Waals surface area contributed by atoms with E-state index in [4.69, 9.17) is 10.8 Å². The number of carboxylic acid groups (broad SMARTS) is 1. The molecule has 0 radical (unpaired) electrons. The molecule has 126 valence electrons. The summed E-state index contributed by atoms with van der Waals surface area (Å²) in [5, 5.41) is 11.4. The van der Waals surface area contributed by atoms with Crippen molar-refractivity contribution in [3.8, 4) is 0 Å². The number of halogens is 1. The summed E-state index contributed by atoms with van der Waals surface area (Å²) in [6, 6.07) is 3.29. The van der Waals surface area contributed by atoms with Gasteiger partial charge in [0.15, 0.2) is 0 Å². The van der Waals surface area contributed by atoms with Crippen LogP contribution in [0, 0.1) is 5.82 Å². The molecule has 0 aliphatic carbocycles. The van der Waals surface area contributed by atoms with Crippen LogP contribution in [0.4, 0.5) is 4.39 Å². The number of amides is 1. The first kappa shape index (κ1) is 17.7. The summed E-state index contributed by atoms with van der Waals surface area (Å²) < 4.78 is 17.2. The Labute approximate surface area is 138 Å². The van der Waals surface area contributed by atoms with E-state index < -0.39 is 23.7 Å². The van der Waals surface area contributed by atoms with E-state index in [1.165, 1.54) is 12.1 Å². The van der Waals surface area contributed by atoms with Crippen molar-refractivity contribution in [2.75, 3.05) is 13.1 Å². The first-order valence-corrected chi connectivity index (χ1v) is 8.26. The molecule has 1 saturated heterocycles. The summed E-state index contributed by atoms with van der Waals surface area (Å²) in [7, 11) is 0. The molecule has 8 heteroatoms. The Morgan fingerprint density at radius 2 is 2.30 bits per heavy atom. The van der Waals surface area contributed by atoms with Gasteiger partial charge in [-0.25, -0.2) is 4.39 Å². The fraction of sp³-hybridized carbons (Fsp3) is 0.467. The van der Waals surface area contributed by atoms with Gasteiger partial charge in [0.05, 0.1) is 5.56 Å². The molecule has 2 rings (SSSR count). The maximum absolute atomic E-state index is 13.9. The summed E-state index contributed by atoms with van der Waals surface area (Å²) >= 11 is 1.66. The SMILES string of the molecule is CCC1SNCC1c1ccc(F)c(C(=O)NC[C@@H](N)C(=O)O)c1. The Bertz CT molecular complexity index is 599. The van der Waals surface area contributed by atoms with Gasteiger partial charge in [-0.15, -0.1) is 0 Å². The fourth-order valence-corrected chi connectivity index (χ4v) is 3.57. The molecule has 5 N–H and O–H groups in total. The van der Waals surface area contributed by atoms with Crippen LogP contribution in [-0.4, -0.2) is 41.4 Å². The molecule has 3 atom stereocenters. The predicted molar refractivity (Wildman–Crippen MR) is 86.8 cm³/mol. The van der Waals surface area contributed by atoms with Crippen LogP contribution in [0.5, 0.6) is 0 Å². The number of benzene rings is 1. The van der Waals surface area contributed by atoms with Crippen molar-refractivity contribution in [1.82, 2.24) is 10.0 Å². The minimum absolute atomic E-state index is 0.0909. The summed E-state index contributed by atoms with van der Waals surface area (Å²) in [6.07, 6.45) is 0.967. The Balaban J connectivity index is 2.14. The molecule has 2 unspecified atom stereocenters. The zero-order chi connectivity index (χ0) is 17.0. The molecule has 1 heterocycles. The number of carbonyl (C=O) groups excluding carboxylic acids is 1. The van der Waals surface area contributed by atoms with E-state index >= 15 is 0 Å². The molecule has 1 fully saturated rings. The van der Waals surface area contributed by atoms with E-state index in [1.807, 2.05) is 0 Å². The van der Waals surface area contributed by atoms with Crippen LogP contribution in [0.2, 0.25) is 0 Å². The molecular weight excluding hydrogens is 321 g/mol. The highest BCUT2D eigenvalue weighted by Crippen LogP contribution is 2.35. The van der Waals surface area contributed by atoms with Crippen LogP contribution in [0.3, 0.4) is 0 Å². The zero-order valence-electron chi connectivity index (χ0n) is 12.7. The summed E-state index contributed by atoms with van der Waals surface area (Å²) in [5.41, 5.74) is 6.13. The molecule has 1 aromatic carbocycles. The van der Waals surface area contributed by atoms with Gasteiger partial charge in [0.2, 0.25) is 0 Å². The van der Waals surface area contributed by atoms with Crippen molar-refractivity contribution in [1.29, 1.82) is 0 Å². The van der Waals surface area contributed by atoms with E-state index in [9.17, 15) is 14.0 Å². The maximum Gasteiger partial charge on any atom is 0.322 e. The monoisotopic (exact) mass is 341 g/mol. The van der Waals surface area contributed by atoms with Crippen LogP contribution in [-0.2, 0) is 4.79 Å². The third-order valence-electron chi connectivity index (χ3n) is 3.85. The van der Waals surface area contributed by atoms with Crippen molar-refractivity contribution in [2.45, 2.75) is 30.6 Å². The van der Waals surface area contributed by atoms with E-state index in [0.29, 0.717) is 5.25 Å². The molecule has 1 amide bonds. The minimum Gasteiger partial charge on any atom is -0.480 e. The van der Waals surface area contributed by atoms with Crippen LogP contribution < -0.4 is 15.8 Å². The number of aliphatic carboxylic acids is 1. The number of nitrogens with two attached hydrogens (primary N) is 1. The molecule has 1 aliphatic rings. The molecule has 0 bridgehead atoms. The van der Waals surface area contributed by atoms with Gasteiger partial charge in [0, 0.05) is 24.3 Å². The van der Waals surface area contributed by atoms with Crippen molar-refractivity contribution in [3.63, 3.8) is 0 Å². The lowest BCUT2D eigenvalue weighted by Gasteiger charge is -2.17. The molecule has 0 spiro atoms. The summed E-state index contributed by atoms with van der Waals surface area (Å²) in [4.78, 5) is 22.7. The van der Waals surface area contributed by atoms with Gasteiger partial charge in [0.1, 0.15) is 11.9 Å². The van der Waals surface area contributed by atoms with Gasteiger partial charge in [-0.05, 0) is 24.1 Å². The van der Waals surface area contributed by atoms with E-state index in [2.05, 4.69) is 17.0 Å². The topological polar surface area (TPSA) is 104 Å². The lowest BCUT2D eigenvalue weighted by Crippen LogP contribution is -2.42. The number of nitrogens with one attached hydrogen (secondary N) is 2. The number of rotatable bonds is 6. The lowest BCUT2D eigenvalue weighted by molar-refractivity contribution is -0.138. The first-order valence-electron chi connectivity index (χ1n) is 7.38. The number of carbonyl (C=O) groups is 2. The normalized spacial score (nSPS) is 21.9. The molecule has 0 aromatic heterocycles. The molecule has 6 nitrogen and oxygen atoms in total. The van der Waals surface area contributed by atoms with Gasteiger partial charge in [-0.3, -0.25) is 14.3 Å². The molecule has 23 heavy (non-hydrogen) atoms. The van der Waals surface area contributed by atoms with Crippen LogP contribution >= 0.6 is 11.9 Å². The molecule has 1 aromatic rings. The second-order valence-corrected chi connectivity index (χ2v) is 6.54. The van der Waals surface area contributed by atoms with Crippen molar-refractivity contribution in [2.24, 2.45) is 5.73 Å². The average molecular weight is 341 g/mol. The minimum atomic E-state index is -1.22. The second-order valence-electron chi connectivity index (χ2n) is 5.41. The van der Waals surface area contributed by atoms with Crippen LogP contribution in [0.1, 0.15) is 35.2 Å². The highest BCUT2D eigenvalue weighted by Gasteiger charge is 2.29. The largest absolute Gasteiger partial charge is 0.480 e. The van der Waals surface area contributed by atoms with Crippen molar-refractivity contribution < 1.29 is 19.1 Å². The smallest absolute Gasteiger partial charge is 0.322 e.